The van der Waals surface area contributed by atoms with E-state index < -0.39 is 0 Å². The second-order valence-electron chi connectivity index (χ2n) is 3.20. The maximum Gasteiger partial charge on any atom is 0.218 e. The Labute approximate surface area is 77.9 Å². The maximum absolute atomic E-state index is 10.7. The first-order valence-electron chi connectivity index (χ1n) is 4.55. The van der Waals surface area contributed by atoms with Gasteiger partial charge in [0.05, 0.1) is 12.4 Å². The number of carbonyl (C=O) groups is 1. The first-order chi connectivity index (χ1) is 6.24. The molecule has 4 heteroatoms. The molecule has 0 aromatic heterocycles. The number of nitrogens with two attached hydrogens (primary N) is 2. The highest BCUT2D eigenvalue weighted by Crippen LogP contribution is 2.20. The van der Waals surface area contributed by atoms with Gasteiger partial charge in [-0.15, -0.1) is 0 Å². The van der Waals surface area contributed by atoms with Crippen LogP contribution in [0.5, 0.6) is 0 Å². The minimum atomic E-state index is -0.328. The summed E-state index contributed by atoms with van der Waals surface area (Å²) in [6.07, 6.45) is 4.33. The van der Waals surface area contributed by atoms with E-state index in [9.17, 15) is 4.79 Å². The van der Waals surface area contributed by atoms with Crippen molar-refractivity contribution in [3.8, 4) is 0 Å². The van der Waals surface area contributed by atoms with Crippen molar-refractivity contribution in [1.29, 1.82) is 0 Å². The van der Waals surface area contributed by atoms with Crippen molar-refractivity contribution in [2.45, 2.75) is 19.3 Å². The molecule has 0 saturated heterocycles. The topological polar surface area (TPSA) is 78.3 Å². The third-order valence-corrected chi connectivity index (χ3v) is 2.10. The van der Waals surface area contributed by atoms with Gasteiger partial charge in [-0.05, 0) is 18.9 Å². The number of primary amides is 1. The summed E-state index contributed by atoms with van der Waals surface area (Å²) in [5, 5.41) is 0. The average molecular weight is 184 g/mol. The number of allylic oxidation sites excluding steroid dienone is 1. The Morgan fingerprint density at radius 2 is 2.46 bits per heavy atom. The lowest BCUT2D eigenvalue weighted by atomic mass is 10.0. The molecule has 0 radical (unpaired) electrons. The summed E-state index contributed by atoms with van der Waals surface area (Å²) in [5.41, 5.74) is 10.6. The van der Waals surface area contributed by atoms with E-state index >= 15 is 0 Å². The molecule has 0 aromatic rings. The van der Waals surface area contributed by atoms with Crippen molar-refractivity contribution in [3.63, 3.8) is 0 Å². The Morgan fingerprint density at radius 3 is 2.92 bits per heavy atom. The molecular formula is C9H16N2O2. The summed E-state index contributed by atoms with van der Waals surface area (Å²) in [6, 6.07) is 0. The van der Waals surface area contributed by atoms with Crippen LogP contribution in [0.4, 0.5) is 0 Å². The SMILES string of the molecule is NCC(CC(N)=O)C1=CCCCO1. The summed E-state index contributed by atoms with van der Waals surface area (Å²) >= 11 is 0. The number of ether oxygens (including phenoxy) is 1. The highest BCUT2D eigenvalue weighted by molar-refractivity contribution is 5.74. The van der Waals surface area contributed by atoms with Crippen LogP contribution in [0, 0.1) is 5.92 Å². The minimum Gasteiger partial charge on any atom is -0.498 e. The van der Waals surface area contributed by atoms with Crippen molar-refractivity contribution in [3.05, 3.63) is 11.8 Å². The van der Waals surface area contributed by atoms with E-state index in [1.807, 2.05) is 6.08 Å². The normalized spacial score (nSPS) is 18.7. The van der Waals surface area contributed by atoms with E-state index in [1.165, 1.54) is 0 Å². The van der Waals surface area contributed by atoms with Crippen molar-refractivity contribution >= 4 is 5.91 Å². The van der Waals surface area contributed by atoms with Crippen molar-refractivity contribution in [2.24, 2.45) is 17.4 Å². The summed E-state index contributed by atoms with van der Waals surface area (Å²) in [6.45, 7) is 1.13. The molecule has 0 spiro atoms. The Morgan fingerprint density at radius 1 is 1.69 bits per heavy atom. The van der Waals surface area contributed by atoms with E-state index in [1.54, 1.807) is 0 Å². The zero-order chi connectivity index (χ0) is 9.68. The highest BCUT2D eigenvalue weighted by atomic mass is 16.5. The Balaban J connectivity index is 2.53. The predicted molar refractivity (Wildman–Crippen MR) is 49.6 cm³/mol. The number of hydrogen-bond acceptors (Lipinski definition) is 3. The van der Waals surface area contributed by atoms with E-state index in [2.05, 4.69) is 0 Å². The van der Waals surface area contributed by atoms with Gasteiger partial charge in [0, 0.05) is 18.9 Å². The molecule has 1 aliphatic heterocycles. The number of amides is 1. The number of carbonyl (C=O) groups excluding carboxylic acids is 1. The van der Waals surface area contributed by atoms with Gasteiger partial charge in [0.1, 0.15) is 0 Å². The van der Waals surface area contributed by atoms with Crippen LogP contribution >= 0.6 is 0 Å². The third kappa shape index (κ3) is 3.06. The van der Waals surface area contributed by atoms with Gasteiger partial charge in [0.15, 0.2) is 0 Å². The zero-order valence-electron chi connectivity index (χ0n) is 7.66. The van der Waals surface area contributed by atoms with Gasteiger partial charge >= 0.3 is 0 Å². The van der Waals surface area contributed by atoms with Crippen LogP contribution < -0.4 is 11.5 Å². The van der Waals surface area contributed by atoms with Crippen LogP contribution in [-0.2, 0) is 9.53 Å². The van der Waals surface area contributed by atoms with E-state index in [0.717, 1.165) is 25.2 Å². The van der Waals surface area contributed by atoms with Gasteiger partial charge in [-0.2, -0.15) is 0 Å². The molecule has 1 aliphatic rings. The Kier molecular flexibility index (Phi) is 3.76. The lowest BCUT2D eigenvalue weighted by molar-refractivity contribution is -0.118. The molecule has 0 aliphatic carbocycles. The minimum absolute atomic E-state index is 0.0298. The molecule has 1 unspecified atom stereocenters. The molecule has 0 saturated carbocycles. The van der Waals surface area contributed by atoms with Crippen LogP contribution in [0.15, 0.2) is 11.8 Å². The second-order valence-corrected chi connectivity index (χ2v) is 3.20. The van der Waals surface area contributed by atoms with Crippen LogP contribution in [-0.4, -0.2) is 19.1 Å². The molecule has 4 nitrogen and oxygen atoms in total. The van der Waals surface area contributed by atoms with Gasteiger partial charge in [0.25, 0.3) is 0 Å². The molecule has 4 N–H and O–H groups in total. The van der Waals surface area contributed by atoms with Crippen LogP contribution in [0.2, 0.25) is 0 Å². The van der Waals surface area contributed by atoms with Crippen molar-refractivity contribution < 1.29 is 9.53 Å². The molecule has 0 aromatic carbocycles. The maximum atomic E-state index is 10.7. The molecule has 74 valence electrons. The predicted octanol–water partition coefficient (Wildman–Crippen LogP) is 0.131. The van der Waals surface area contributed by atoms with Crippen LogP contribution in [0.1, 0.15) is 19.3 Å². The second kappa shape index (κ2) is 4.87. The van der Waals surface area contributed by atoms with E-state index in [0.29, 0.717) is 6.54 Å². The fourth-order valence-electron chi connectivity index (χ4n) is 1.40. The Bertz CT molecular complexity index is 214. The molecule has 13 heavy (non-hydrogen) atoms. The summed E-state index contributed by atoms with van der Waals surface area (Å²) < 4.78 is 5.41. The molecule has 1 heterocycles. The first kappa shape index (κ1) is 10.1. The summed E-state index contributed by atoms with van der Waals surface area (Å²) in [4.78, 5) is 10.7. The zero-order valence-corrected chi connectivity index (χ0v) is 7.66. The lowest BCUT2D eigenvalue weighted by Gasteiger charge is -2.21. The number of hydrogen-bond donors (Lipinski definition) is 2. The summed E-state index contributed by atoms with van der Waals surface area (Å²) in [7, 11) is 0. The summed E-state index contributed by atoms with van der Waals surface area (Å²) in [5.74, 6) is 0.482. The standard InChI is InChI=1S/C9H16N2O2/c10-6-7(5-9(11)12)8-3-1-2-4-13-8/h3,7H,1-2,4-6,10H2,(H2,11,12). The first-order valence-corrected chi connectivity index (χ1v) is 4.55. The van der Waals surface area contributed by atoms with Gasteiger partial charge in [-0.3, -0.25) is 4.79 Å². The largest absolute Gasteiger partial charge is 0.498 e. The Hall–Kier alpha value is -1.03. The molecule has 1 rings (SSSR count). The van der Waals surface area contributed by atoms with E-state index in [-0.39, 0.29) is 18.2 Å². The number of rotatable bonds is 4. The van der Waals surface area contributed by atoms with Crippen molar-refractivity contribution in [1.82, 2.24) is 0 Å². The van der Waals surface area contributed by atoms with Crippen LogP contribution in [0.25, 0.3) is 0 Å². The van der Waals surface area contributed by atoms with Gasteiger partial charge in [-0.25, -0.2) is 0 Å². The fourth-order valence-corrected chi connectivity index (χ4v) is 1.40. The molecule has 1 amide bonds. The lowest BCUT2D eigenvalue weighted by Crippen LogP contribution is -2.26. The fraction of sp³-hybridized carbons (Fsp3) is 0.667. The van der Waals surface area contributed by atoms with E-state index in [4.69, 9.17) is 16.2 Å². The monoisotopic (exact) mass is 184 g/mol. The molecule has 1 atom stereocenters. The molecular weight excluding hydrogens is 168 g/mol. The third-order valence-electron chi connectivity index (χ3n) is 2.10. The molecule has 0 fully saturated rings. The quantitative estimate of drug-likeness (QED) is 0.652. The van der Waals surface area contributed by atoms with Crippen LogP contribution in [0.3, 0.4) is 0 Å². The molecule has 0 bridgehead atoms. The van der Waals surface area contributed by atoms with Gasteiger partial charge < -0.3 is 16.2 Å². The van der Waals surface area contributed by atoms with Crippen molar-refractivity contribution in [2.75, 3.05) is 13.2 Å². The van der Waals surface area contributed by atoms with Gasteiger partial charge in [-0.1, -0.05) is 0 Å². The van der Waals surface area contributed by atoms with Gasteiger partial charge in [0.2, 0.25) is 5.91 Å². The highest BCUT2D eigenvalue weighted by Gasteiger charge is 2.18. The average Bonchev–Trinajstić information content (AvgIpc) is 2.15. The smallest absolute Gasteiger partial charge is 0.218 e.